The van der Waals surface area contributed by atoms with Gasteiger partial charge in [-0.3, -0.25) is 0 Å². The second-order valence-electron chi connectivity index (χ2n) is 5.97. The summed E-state index contributed by atoms with van der Waals surface area (Å²) in [6, 6.07) is 20.0. The number of nitrogens with zero attached hydrogens (tertiary/aromatic N) is 1. The number of benzene rings is 2. The summed E-state index contributed by atoms with van der Waals surface area (Å²) < 4.78 is 0. The third-order valence-corrected chi connectivity index (χ3v) is 3.86. The van der Waals surface area contributed by atoms with Crippen LogP contribution in [0.15, 0.2) is 54.6 Å². The van der Waals surface area contributed by atoms with E-state index in [0.717, 1.165) is 6.54 Å². The van der Waals surface area contributed by atoms with Crippen LogP contribution in [0.1, 0.15) is 35.7 Å². The molecule has 2 rings (SSSR count). The van der Waals surface area contributed by atoms with Crippen molar-refractivity contribution in [3.05, 3.63) is 71.3 Å². The van der Waals surface area contributed by atoms with Gasteiger partial charge in [0, 0.05) is 18.6 Å². The fourth-order valence-corrected chi connectivity index (χ4v) is 2.77. The van der Waals surface area contributed by atoms with E-state index in [0.29, 0.717) is 12.1 Å². The third-order valence-electron chi connectivity index (χ3n) is 3.86. The maximum atomic E-state index is 3.78. The van der Waals surface area contributed by atoms with E-state index in [2.05, 4.69) is 92.8 Å². The number of hydrogen-bond acceptors (Lipinski definition) is 2. The van der Waals surface area contributed by atoms with Gasteiger partial charge in [0.1, 0.15) is 0 Å². The van der Waals surface area contributed by atoms with E-state index < -0.39 is 0 Å². The summed E-state index contributed by atoms with van der Waals surface area (Å²) in [7, 11) is 4.24. The normalized spacial score (nSPS) is 14.1. The van der Waals surface area contributed by atoms with Crippen molar-refractivity contribution in [1.82, 2.24) is 10.2 Å². The summed E-state index contributed by atoms with van der Waals surface area (Å²) in [5.41, 5.74) is 4.05. The van der Waals surface area contributed by atoms with E-state index in [4.69, 9.17) is 0 Å². The molecular weight excluding hydrogens is 256 g/mol. The van der Waals surface area contributed by atoms with Gasteiger partial charge in [-0.1, -0.05) is 54.6 Å². The zero-order valence-corrected chi connectivity index (χ0v) is 13.5. The van der Waals surface area contributed by atoms with Crippen LogP contribution < -0.4 is 5.32 Å². The highest BCUT2D eigenvalue weighted by Crippen LogP contribution is 2.22. The highest BCUT2D eigenvalue weighted by atomic mass is 15.1. The number of rotatable bonds is 6. The topological polar surface area (TPSA) is 15.3 Å². The summed E-state index contributed by atoms with van der Waals surface area (Å²) in [4.78, 5) is 2.23. The van der Waals surface area contributed by atoms with Crippen LogP contribution in [0.25, 0.3) is 0 Å². The Morgan fingerprint density at radius 3 is 2.19 bits per heavy atom. The predicted octanol–water partition coefficient (Wildman–Crippen LogP) is 3.95. The molecule has 0 aliphatic rings. The number of likely N-dealkylation sites (N-methyl/N-ethyl adjacent to an activating group) is 1. The van der Waals surface area contributed by atoms with Crippen LogP contribution in [-0.4, -0.2) is 25.5 Å². The predicted molar refractivity (Wildman–Crippen MR) is 90.5 cm³/mol. The van der Waals surface area contributed by atoms with E-state index in [1.807, 2.05) is 0 Å². The monoisotopic (exact) mass is 282 g/mol. The van der Waals surface area contributed by atoms with Crippen molar-refractivity contribution in [3.8, 4) is 0 Å². The largest absolute Gasteiger partial charge is 0.308 e. The molecule has 0 spiro atoms. The molecule has 2 aromatic carbocycles. The highest BCUT2D eigenvalue weighted by Gasteiger charge is 2.16. The molecule has 0 saturated heterocycles. The maximum Gasteiger partial charge on any atom is 0.0453 e. The fourth-order valence-electron chi connectivity index (χ4n) is 2.77. The Hall–Kier alpha value is -1.64. The molecule has 112 valence electrons. The van der Waals surface area contributed by atoms with Gasteiger partial charge in [-0.15, -0.1) is 0 Å². The molecule has 0 saturated carbocycles. The van der Waals surface area contributed by atoms with E-state index in [-0.39, 0.29) is 0 Å². The van der Waals surface area contributed by atoms with Gasteiger partial charge in [-0.2, -0.15) is 0 Å². The molecule has 1 N–H and O–H groups in total. The van der Waals surface area contributed by atoms with Gasteiger partial charge in [0.2, 0.25) is 0 Å². The minimum Gasteiger partial charge on any atom is -0.308 e. The number of nitrogens with one attached hydrogen (secondary N) is 1. The van der Waals surface area contributed by atoms with Crippen LogP contribution in [0.5, 0.6) is 0 Å². The van der Waals surface area contributed by atoms with Crippen LogP contribution >= 0.6 is 0 Å². The molecule has 21 heavy (non-hydrogen) atoms. The molecule has 0 aliphatic carbocycles. The lowest BCUT2D eigenvalue weighted by Crippen LogP contribution is -2.33. The van der Waals surface area contributed by atoms with E-state index in [1.165, 1.54) is 16.7 Å². The van der Waals surface area contributed by atoms with Crippen molar-refractivity contribution in [1.29, 1.82) is 0 Å². The Labute approximate surface area is 128 Å². The van der Waals surface area contributed by atoms with Crippen molar-refractivity contribution in [3.63, 3.8) is 0 Å². The standard InChI is InChI=1S/C19H26N2/c1-15-10-8-9-13-18(15)16(2)20-19(14-21(3)4)17-11-6-5-7-12-17/h5-13,16,19-20H,14H2,1-4H3. The van der Waals surface area contributed by atoms with Gasteiger partial charge >= 0.3 is 0 Å². The molecule has 0 amide bonds. The quantitative estimate of drug-likeness (QED) is 0.863. The second-order valence-corrected chi connectivity index (χ2v) is 5.97. The molecule has 0 radical (unpaired) electrons. The van der Waals surface area contributed by atoms with Crippen molar-refractivity contribution >= 4 is 0 Å². The Balaban J connectivity index is 2.17. The van der Waals surface area contributed by atoms with Gasteiger partial charge in [-0.05, 0) is 44.6 Å². The van der Waals surface area contributed by atoms with Crippen LogP contribution in [0, 0.1) is 6.92 Å². The molecule has 2 nitrogen and oxygen atoms in total. The first-order chi connectivity index (χ1) is 10.1. The van der Waals surface area contributed by atoms with Crippen LogP contribution in [0.3, 0.4) is 0 Å². The SMILES string of the molecule is Cc1ccccc1C(C)NC(CN(C)C)c1ccccc1. The van der Waals surface area contributed by atoms with Crippen molar-refractivity contribution < 1.29 is 0 Å². The van der Waals surface area contributed by atoms with Crippen molar-refractivity contribution in [2.75, 3.05) is 20.6 Å². The summed E-state index contributed by atoms with van der Waals surface area (Å²) in [5, 5.41) is 3.78. The fraction of sp³-hybridized carbons (Fsp3) is 0.368. The average Bonchev–Trinajstić information content (AvgIpc) is 2.47. The van der Waals surface area contributed by atoms with Crippen molar-refractivity contribution in [2.24, 2.45) is 0 Å². The van der Waals surface area contributed by atoms with Crippen LogP contribution in [0.4, 0.5) is 0 Å². The summed E-state index contributed by atoms with van der Waals surface area (Å²) in [6.07, 6.45) is 0. The average molecular weight is 282 g/mol. The zero-order valence-electron chi connectivity index (χ0n) is 13.5. The Morgan fingerprint density at radius 2 is 1.57 bits per heavy atom. The summed E-state index contributed by atoms with van der Waals surface area (Å²) in [6.45, 7) is 5.41. The first-order valence-electron chi connectivity index (χ1n) is 7.59. The smallest absolute Gasteiger partial charge is 0.0453 e. The van der Waals surface area contributed by atoms with Gasteiger partial charge in [0.15, 0.2) is 0 Å². The van der Waals surface area contributed by atoms with Gasteiger partial charge < -0.3 is 10.2 Å². The Kier molecular flexibility index (Phi) is 5.54. The lowest BCUT2D eigenvalue weighted by molar-refractivity contribution is 0.325. The lowest BCUT2D eigenvalue weighted by atomic mass is 9.99. The van der Waals surface area contributed by atoms with Gasteiger partial charge in [0.05, 0.1) is 0 Å². The molecule has 2 aromatic rings. The van der Waals surface area contributed by atoms with Gasteiger partial charge in [-0.25, -0.2) is 0 Å². The van der Waals surface area contributed by atoms with E-state index >= 15 is 0 Å². The first kappa shape index (κ1) is 15.7. The molecule has 0 aromatic heterocycles. The van der Waals surface area contributed by atoms with Gasteiger partial charge in [0.25, 0.3) is 0 Å². The van der Waals surface area contributed by atoms with E-state index in [9.17, 15) is 0 Å². The molecule has 0 heterocycles. The summed E-state index contributed by atoms with van der Waals surface area (Å²) >= 11 is 0. The highest BCUT2D eigenvalue weighted by molar-refractivity contribution is 5.29. The van der Waals surface area contributed by atoms with Crippen LogP contribution in [0.2, 0.25) is 0 Å². The Morgan fingerprint density at radius 1 is 0.952 bits per heavy atom. The number of aryl methyl sites for hydroxylation is 1. The maximum absolute atomic E-state index is 3.78. The molecule has 0 bridgehead atoms. The minimum atomic E-state index is 0.329. The molecule has 0 aliphatic heterocycles. The zero-order chi connectivity index (χ0) is 15.2. The number of hydrogen-bond donors (Lipinski definition) is 1. The van der Waals surface area contributed by atoms with E-state index in [1.54, 1.807) is 0 Å². The molecule has 2 unspecified atom stereocenters. The first-order valence-corrected chi connectivity index (χ1v) is 7.59. The minimum absolute atomic E-state index is 0.329. The molecule has 2 atom stereocenters. The summed E-state index contributed by atoms with van der Waals surface area (Å²) in [5.74, 6) is 0. The second kappa shape index (κ2) is 7.39. The van der Waals surface area contributed by atoms with Crippen molar-refractivity contribution in [2.45, 2.75) is 25.9 Å². The Bertz CT molecular complexity index is 549. The van der Waals surface area contributed by atoms with Crippen LogP contribution in [-0.2, 0) is 0 Å². The molecule has 2 heteroatoms. The third kappa shape index (κ3) is 4.42. The molecular formula is C19H26N2. The molecule has 0 fully saturated rings. The lowest BCUT2D eigenvalue weighted by Gasteiger charge is -2.27.